The summed E-state index contributed by atoms with van der Waals surface area (Å²) >= 11 is 0. The summed E-state index contributed by atoms with van der Waals surface area (Å²) in [6.45, 7) is 7.89. The van der Waals surface area contributed by atoms with E-state index in [4.69, 9.17) is 9.26 Å². The van der Waals surface area contributed by atoms with Crippen molar-refractivity contribution in [2.24, 2.45) is 5.92 Å². The minimum Gasteiger partial charge on any atom is -0.370 e. The molecular formula is C13H23N3O2. The molecule has 0 saturated carbocycles. The fraction of sp³-hybridized carbons (Fsp3) is 0.846. The average molecular weight is 253 g/mol. The van der Waals surface area contributed by atoms with Gasteiger partial charge in [0.1, 0.15) is 6.10 Å². The normalized spacial score (nSPS) is 22.3. The average Bonchev–Trinajstić information content (AvgIpc) is 2.86. The molecule has 1 fully saturated rings. The van der Waals surface area contributed by atoms with Crippen LogP contribution in [-0.4, -0.2) is 23.3 Å². The second kappa shape index (κ2) is 6.29. The standard InChI is InChI=1S/C13H23N3O2/c1-4-17-11(9(2)3)12-15-13(18-16-12)10-7-5-6-8-14-10/h9-11,14H,4-8H2,1-3H3. The van der Waals surface area contributed by atoms with Gasteiger partial charge in [-0.2, -0.15) is 4.98 Å². The van der Waals surface area contributed by atoms with Crippen LogP contribution in [0.5, 0.6) is 0 Å². The molecule has 2 rings (SSSR count). The first kappa shape index (κ1) is 13.5. The summed E-state index contributed by atoms with van der Waals surface area (Å²) in [6, 6.07) is 0.217. The van der Waals surface area contributed by atoms with E-state index < -0.39 is 0 Å². The Labute approximate surface area is 108 Å². The van der Waals surface area contributed by atoms with Crippen LogP contribution in [0.25, 0.3) is 0 Å². The molecule has 2 atom stereocenters. The van der Waals surface area contributed by atoms with Gasteiger partial charge < -0.3 is 14.6 Å². The third-order valence-corrected chi connectivity index (χ3v) is 3.27. The monoisotopic (exact) mass is 253 g/mol. The quantitative estimate of drug-likeness (QED) is 0.874. The van der Waals surface area contributed by atoms with Gasteiger partial charge in [0.05, 0.1) is 6.04 Å². The molecule has 0 aliphatic carbocycles. The number of aromatic nitrogens is 2. The Balaban J connectivity index is 2.07. The second-order valence-corrected chi connectivity index (χ2v) is 5.11. The summed E-state index contributed by atoms with van der Waals surface area (Å²) in [5.41, 5.74) is 0. The number of ether oxygens (including phenoxy) is 1. The lowest BCUT2D eigenvalue weighted by Gasteiger charge is -2.19. The second-order valence-electron chi connectivity index (χ2n) is 5.11. The van der Waals surface area contributed by atoms with Gasteiger partial charge in [-0.05, 0) is 32.2 Å². The van der Waals surface area contributed by atoms with Gasteiger partial charge in [-0.1, -0.05) is 25.4 Å². The van der Waals surface area contributed by atoms with Crippen molar-refractivity contribution in [2.75, 3.05) is 13.2 Å². The third-order valence-electron chi connectivity index (χ3n) is 3.27. The molecule has 0 bridgehead atoms. The fourth-order valence-corrected chi connectivity index (χ4v) is 2.31. The first-order chi connectivity index (χ1) is 8.72. The molecule has 0 amide bonds. The van der Waals surface area contributed by atoms with Gasteiger partial charge in [0.15, 0.2) is 0 Å². The van der Waals surface area contributed by atoms with E-state index in [-0.39, 0.29) is 12.1 Å². The maximum absolute atomic E-state index is 5.68. The Morgan fingerprint density at radius 2 is 2.28 bits per heavy atom. The smallest absolute Gasteiger partial charge is 0.243 e. The van der Waals surface area contributed by atoms with E-state index in [1.165, 1.54) is 12.8 Å². The predicted molar refractivity (Wildman–Crippen MR) is 68.1 cm³/mol. The fourth-order valence-electron chi connectivity index (χ4n) is 2.31. The molecule has 5 heteroatoms. The van der Waals surface area contributed by atoms with Gasteiger partial charge in [-0.25, -0.2) is 0 Å². The molecule has 102 valence electrons. The number of nitrogens with one attached hydrogen (secondary N) is 1. The zero-order valence-corrected chi connectivity index (χ0v) is 11.5. The Bertz CT molecular complexity index is 359. The van der Waals surface area contributed by atoms with Gasteiger partial charge in [0.2, 0.25) is 11.7 Å². The SMILES string of the molecule is CCOC(c1noc(C2CCCCN2)n1)C(C)C. The van der Waals surface area contributed by atoms with Crippen LogP contribution in [0.3, 0.4) is 0 Å². The van der Waals surface area contributed by atoms with Crippen molar-refractivity contribution < 1.29 is 9.26 Å². The van der Waals surface area contributed by atoms with Crippen molar-refractivity contribution in [1.82, 2.24) is 15.5 Å². The van der Waals surface area contributed by atoms with Crippen LogP contribution in [0.1, 0.15) is 63.9 Å². The highest BCUT2D eigenvalue weighted by molar-refractivity contribution is 4.97. The number of piperidine rings is 1. The summed E-state index contributed by atoms with van der Waals surface area (Å²) < 4.78 is 11.1. The van der Waals surface area contributed by atoms with E-state index in [0.717, 1.165) is 13.0 Å². The highest BCUT2D eigenvalue weighted by Gasteiger charge is 2.26. The zero-order chi connectivity index (χ0) is 13.0. The van der Waals surface area contributed by atoms with Crippen LogP contribution in [0, 0.1) is 5.92 Å². The van der Waals surface area contributed by atoms with Crippen molar-refractivity contribution in [3.8, 4) is 0 Å². The molecule has 1 aromatic heterocycles. The van der Waals surface area contributed by atoms with Crippen molar-refractivity contribution >= 4 is 0 Å². The lowest BCUT2D eigenvalue weighted by molar-refractivity contribution is 0.0217. The van der Waals surface area contributed by atoms with Crippen LogP contribution in [-0.2, 0) is 4.74 Å². The third kappa shape index (κ3) is 3.09. The highest BCUT2D eigenvalue weighted by atomic mass is 16.5. The number of nitrogens with zero attached hydrogens (tertiary/aromatic N) is 2. The minimum absolute atomic E-state index is 0.0731. The molecule has 1 aliphatic rings. The Hall–Kier alpha value is -0.940. The van der Waals surface area contributed by atoms with E-state index in [0.29, 0.717) is 24.2 Å². The maximum Gasteiger partial charge on any atom is 0.243 e. The topological polar surface area (TPSA) is 60.2 Å². The molecule has 0 radical (unpaired) electrons. The highest BCUT2D eigenvalue weighted by Crippen LogP contribution is 2.26. The maximum atomic E-state index is 5.68. The molecule has 2 heterocycles. The van der Waals surface area contributed by atoms with E-state index in [1.54, 1.807) is 0 Å². The van der Waals surface area contributed by atoms with Crippen LogP contribution in [0.4, 0.5) is 0 Å². The van der Waals surface area contributed by atoms with E-state index in [2.05, 4.69) is 29.3 Å². The van der Waals surface area contributed by atoms with Crippen molar-refractivity contribution in [3.63, 3.8) is 0 Å². The predicted octanol–water partition coefficient (Wildman–Crippen LogP) is 2.62. The van der Waals surface area contributed by atoms with Gasteiger partial charge in [-0.15, -0.1) is 0 Å². The summed E-state index contributed by atoms with van der Waals surface area (Å²) in [5.74, 6) is 1.72. The molecule has 18 heavy (non-hydrogen) atoms. The summed E-state index contributed by atoms with van der Waals surface area (Å²) in [4.78, 5) is 4.51. The van der Waals surface area contributed by atoms with Gasteiger partial charge >= 0.3 is 0 Å². The van der Waals surface area contributed by atoms with Gasteiger partial charge in [-0.3, -0.25) is 0 Å². The summed E-state index contributed by atoms with van der Waals surface area (Å²) in [6.07, 6.45) is 3.44. The van der Waals surface area contributed by atoms with Crippen LogP contribution in [0.2, 0.25) is 0 Å². The Morgan fingerprint density at radius 1 is 1.44 bits per heavy atom. The first-order valence-corrected chi connectivity index (χ1v) is 6.90. The molecular weight excluding hydrogens is 230 g/mol. The Morgan fingerprint density at radius 3 is 2.89 bits per heavy atom. The summed E-state index contributed by atoms with van der Waals surface area (Å²) in [7, 11) is 0. The zero-order valence-electron chi connectivity index (χ0n) is 11.5. The van der Waals surface area contributed by atoms with E-state index in [1.807, 2.05) is 6.92 Å². The van der Waals surface area contributed by atoms with Crippen molar-refractivity contribution in [2.45, 2.75) is 52.2 Å². The molecule has 0 spiro atoms. The van der Waals surface area contributed by atoms with Crippen LogP contribution in [0.15, 0.2) is 4.52 Å². The van der Waals surface area contributed by atoms with Crippen LogP contribution >= 0.6 is 0 Å². The Kier molecular flexibility index (Phi) is 4.72. The lowest BCUT2D eigenvalue weighted by atomic mass is 10.0. The van der Waals surface area contributed by atoms with E-state index >= 15 is 0 Å². The first-order valence-electron chi connectivity index (χ1n) is 6.90. The minimum atomic E-state index is -0.0731. The van der Waals surface area contributed by atoms with Gasteiger partial charge in [0.25, 0.3) is 0 Å². The molecule has 1 N–H and O–H groups in total. The lowest BCUT2D eigenvalue weighted by Crippen LogP contribution is -2.27. The van der Waals surface area contributed by atoms with Crippen LogP contribution < -0.4 is 5.32 Å². The number of hydrogen-bond donors (Lipinski definition) is 1. The molecule has 1 aliphatic heterocycles. The molecule has 1 saturated heterocycles. The largest absolute Gasteiger partial charge is 0.370 e. The summed E-state index contributed by atoms with van der Waals surface area (Å²) in [5, 5.41) is 7.49. The molecule has 0 aromatic carbocycles. The molecule has 2 unspecified atom stereocenters. The van der Waals surface area contributed by atoms with E-state index in [9.17, 15) is 0 Å². The molecule has 1 aromatic rings. The van der Waals surface area contributed by atoms with Gasteiger partial charge in [0, 0.05) is 6.61 Å². The molecule has 5 nitrogen and oxygen atoms in total. The van der Waals surface area contributed by atoms with Crippen molar-refractivity contribution in [1.29, 1.82) is 0 Å². The van der Waals surface area contributed by atoms with Crippen molar-refractivity contribution in [3.05, 3.63) is 11.7 Å². The number of rotatable bonds is 5. The number of hydrogen-bond acceptors (Lipinski definition) is 5.